The molecular weight excluding hydrogens is 254 g/mol. The molecule has 0 bridgehead atoms. The Hall–Kier alpha value is -1.76. The zero-order chi connectivity index (χ0) is 14.7. The van der Waals surface area contributed by atoms with Gasteiger partial charge in [-0.2, -0.15) is 0 Å². The fourth-order valence-corrected chi connectivity index (χ4v) is 3.25. The van der Waals surface area contributed by atoms with Crippen LogP contribution in [-0.2, 0) is 6.42 Å². The van der Waals surface area contributed by atoms with Gasteiger partial charge in [0.1, 0.15) is 0 Å². The van der Waals surface area contributed by atoms with Crippen molar-refractivity contribution in [1.82, 2.24) is 0 Å². The van der Waals surface area contributed by atoms with Crippen LogP contribution in [0.4, 0.5) is 5.69 Å². The summed E-state index contributed by atoms with van der Waals surface area (Å²) in [5, 5.41) is 0. The van der Waals surface area contributed by atoms with E-state index in [0.29, 0.717) is 0 Å². The van der Waals surface area contributed by atoms with Crippen LogP contribution in [0, 0.1) is 6.92 Å². The third-order valence-corrected chi connectivity index (χ3v) is 4.75. The summed E-state index contributed by atoms with van der Waals surface area (Å²) in [5.41, 5.74) is 5.68. The highest BCUT2D eigenvalue weighted by atomic mass is 15.1. The van der Waals surface area contributed by atoms with Gasteiger partial charge in [0.25, 0.3) is 0 Å². The van der Waals surface area contributed by atoms with E-state index in [2.05, 4.69) is 67.3 Å². The summed E-state index contributed by atoms with van der Waals surface area (Å²) < 4.78 is 0. The van der Waals surface area contributed by atoms with Crippen LogP contribution in [0.15, 0.2) is 48.5 Å². The van der Waals surface area contributed by atoms with E-state index in [9.17, 15) is 0 Å². The Morgan fingerprint density at radius 3 is 2.10 bits per heavy atom. The van der Waals surface area contributed by atoms with E-state index in [4.69, 9.17) is 0 Å². The first-order valence-electron chi connectivity index (χ1n) is 8.16. The molecule has 1 saturated heterocycles. The molecule has 3 rings (SSSR count). The summed E-state index contributed by atoms with van der Waals surface area (Å²) in [5.74, 6) is 0.733. The number of benzene rings is 2. The van der Waals surface area contributed by atoms with E-state index >= 15 is 0 Å². The summed E-state index contributed by atoms with van der Waals surface area (Å²) in [6, 6.07) is 18.2. The molecule has 0 unspecified atom stereocenters. The van der Waals surface area contributed by atoms with Crippen LogP contribution < -0.4 is 4.90 Å². The summed E-state index contributed by atoms with van der Waals surface area (Å²) in [7, 11) is 0. The maximum Gasteiger partial charge on any atom is 0.0366 e. The summed E-state index contributed by atoms with van der Waals surface area (Å²) in [6.07, 6.45) is 3.65. The molecular formula is C20H25N. The topological polar surface area (TPSA) is 3.24 Å². The second-order valence-corrected chi connectivity index (χ2v) is 6.19. The number of hydrogen-bond acceptors (Lipinski definition) is 1. The number of hydrogen-bond donors (Lipinski definition) is 0. The van der Waals surface area contributed by atoms with Crippen molar-refractivity contribution in [2.45, 2.75) is 39.0 Å². The molecule has 0 aliphatic carbocycles. The predicted octanol–water partition coefficient (Wildman–Crippen LogP) is 4.94. The molecule has 21 heavy (non-hydrogen) atoms. The van der Waals surface area contributed by atoms with Crippen LogP contribution in [0.25, 0.3) is 0 Å². The Balaban J connectivity index is 1.62. The molecule has 0 saturated carbocycles. The Bertz CT molecular complexity index is 560. The second-order valence-electron chi connectivity index (χ2n) is 6.19. The van der Waals surface area contributed by atoms with Crippen molar-refractivity contribution in [1.29, 1.82) is 0 Å². The molecule has 2 aromatic rings. The van der Waals surface area contributed by atoms with E-state index in [1.807, 2.05) is 0 Å². The minimum atomic E-state index is 0.733. The number of piperidine rings is 1. The lowest BCUT2D eigenvalue weighted by Crippen LogP contribution is -2.32. The van der Waals surface area contributed by atoms with Gasteiger partial charge in [0, 0.05) is 18.8 Å². The van der Waals surface area contributed by atoms with Crippen molar-refractivity contribution in [3.63, 3.8) is 0 Å². The fraction of sp³-hybridized carbons (Fsp3) is 0.400. The van der Waals surface area contributed by atoms with Gasteiger partial charge < -0.3 is 4.90 Å². The van der Waals surface area contributed by atoms with Crippen molar-refractivity contribution in [3.05, 3.63) is 65.2 Å². The van der Waals surface area contributed by atoms with Crippen LogP contribution in [0.2, 0.25) is 0 Å². The number of aryl methyl sites for hydroxylation is 2. The maximum atomic E-state index is 2.53. The van der Waals surface area contributed by atoms with Crippen molar-refractivity contribution in [2.24, 2.45) is 0 Å². The zero-order valence-corrected chi connectivity index (χ0v) is 13.2. The van der Waals surface area contributed by atoms with Crippen LogP contribution in [0.3, 0.4) is 0 Å². The van der Waals surface area contributed by atoms with Gasteiger partial charge in [-0.3, -0.25) is 0 Å². The molecule has 110 valence electrons. The van der Waals surface area contributed by atoms with Crippen molar-refractivity contribution in [2.75, 3.05) is 18.0 Å². The number of nitrogens with zero attached hydrogens (tertiary/aromatic N) is 1. The average Bonchev–Trinajstić information content (AvgIpc) is 2.56. The molecule has 0 amide bonds. The van der Waals surface area contributed by atoms with E-state index in [1.54, 1.807) is 0 Å². The highest BCUT2D eigenvalue weighted by molar-refractivity contribution is 5.48. The molecule has 1 heterocycles. The van der Waals surface area contributed by atoms with Crippen LogP contribution >= 0.6 is 0 Å². The molecule has 0 spiro atoms. The third kappa shape index (κ3) is 3.29. The Morgan fingerprint density at radius 2 is 1.52 bits per heavy atom. The SMILES string of the molecule is CCc1ccc(N2CCC(c3ccc(C)cc3)CC2)cc1. The summed E-state index contributed by atoms with van der Waals surface area (Å²) in [6.45, 7) is 6.71. The van der Waals surface area contributed by atoms with Crippen LogP contribution in [0.1, 0.15) is 42.4 Å². The molecule has 0 atom stereocenters. The van der Waals surface area contributed by atoms with Gasteiger partial charge in [-0.25, -0.2) is 0 Å². The molecule has 1 aliphatic heterocycles. The standard InChI is InChI=1S/C20H25N/c1-3-17-6-10-20(11-7-17)21-14-12-19(13-15-21)18-8-4-16(2)5-9-18/h4-11,19H,3,12-15H2,1-2H3. The zero-order valence-electron chi connectivity index (χ0n) is 13.2. The van der Waals surface area contributed by atoms with Gasteiger partial charge >= 0.3 is 0 Å². The lowest BCUT2D eigenvalue weighted by atomic mass is 9.89. The lowest BCUT2D eigenvalue weighted by molar-refractivity contribution is 0.505. The first-order valence-corrected chi connectivity index (χ1v) is 8.16. The molecule has 0 aromatic heterocycles. The quantitative estimate of drug-likeness (QED) is 0.769. The minimum Gasteiger partial charge on any atom is -0.371 e. The van der Waals surface area contributed by atoms with Crippen LogP contribution in [0.5, 0.6) is 0 Å². The third-order valence-electron chi connectivity index (χ3n) is 4.75. The molecule has 1 aliphatic rings. The van der Waals surface area contributed by atoms with Crippen molar-refractivity contribution in [3.8, 4) is 0 Å². The van der Waals surface area contributed by atoms with Crippen LogP contribution in [-0.4, -0.2) is 13.1 Å². The molecule has 1 fully saturated rings. The predicted molar refractivity (Wildman–Crippen MR) is 91.2 cm³/mol. The molecule has 0 N–H and O–H groups in total. The highest BCUT2D eigenvalue weighted by Crippen LogP contribution is 2.30. The monoisotopic (exact) mass is 279 g/mol. The average molecular weight is 279 g/mol. The van der Waals surface area contributed by atoms with Gasteiger partial charge in [-0.15, -0.1) is 0 Å². The first-order chi connectivity index (χ1) is 10.3. The van der Waals surface area contributed by atoms with Gasteiger partial charge in [0.05, 0.1) is 0 Å². The van der Waals surface area contributed by atoms with Crippen molar-refractivity contribution >= 4 is 5.69 Å². The lowest BCUT2D eigenvalue weighted by Gasteiger charge is -2.34. The van der Waals surface area contributed by atoms with Gasteiger partial charge in [-0.1, -0.05) is 48.9 Å². The maximum absolute atomic E-state index is 2.53. The summed E-state index contributed by atoms with van der Waals surface area (Å²) in [4.78, 5) is 2.53. The Morgan fingerprint density at radius 1 is 0.905 bits per heavy atom. The first kappa shape index (κ1) is 14.2. The van der Waals surface area contributed by atoms with Crippen molar-refractivity contribution < 1.29 is 0 Å². The van der Waals surface area contributed by atoms with Gasteiger partial charge in [0.2, 0.25) is 0 Å². The largest absolute Gasteiger partial charge is 0.371 e. The molecule has 0 radical (unpaired) electrons. The number of rotatable bonds is 3. The van der Waals surface area contributed by atoms with E-state index in [-0.39, 0.29) is 0 Å². The number of anilines is 1. The van der Waals surface area contributed by atoms with E-state index in [1.165, 1.54) is 48.3 Å². The molecule has 2 aromatic carbocycles. The normalized spacial score (nSPS) is 16.2. The second kappa shape index (κ2) is 6.34. The molecule has 1 heteroatoms. The van der Waals surface area contributed by atoms with E-state index < -0.39 is 0 Å². The smallest absolute Gasteiger partial charge is 0.0366 e. The van der Waals surface area contributed by atoms with Gasteiger partial charge in [0.15, 0.2) is 0 Å². The molecule has 1 nitrogen and oxygen atoms in total. The Kier molecular flexibility index (Phi) is 4.28. The highest BCUT2D eigenvalue weighted by Gasteiger charge is 2.20. The summed E-state index contributed by atoms with van der Waals surface area (Å²) >= 11 is 0. The van der Waals surface area contributed by atoms with E-state index in [0.717, 1.165) is 12.3 Å². The Labute approximate surface area is 128 Å². The fourth-order valence-electron chi connectivity index (χ4n) is 3.25. The van der Waals surface area contributed by atoms with Gasteiger partial charge in [-0.05, 0) is 55.4 Å². The minimum absolute atomic E-state index is 0.733.